The van der Waals surface area contributed by atoms with E-state index < -0.39 is 0 Å². The summed E-state index contributed by atoms with van der Waals surface area (Å²) in [6, 6.07) is 3.49. The van der Waals surface area contributed by atoms with Crippen molar-refractivity contribution >= 4 is 11.6 Å². The van der Waals surface area contributed by atoms with Gasteiger partial charge in [-0.1, -0.05) is 19.3 Å². The summed E-state index contributed by atoms with van der Waals surface area (Å²) >= 11 is 5.73. The molecule has 17 heavy (non-hydrogen) atoms. The van der Waals surface area contributed by atoms with Crippen molar-refractivity contribution in [1.29, 1.82) is 0 Å². The van der Waals surface area contributed by atoms with E-state index in [0.29, 0.717) is 22.7 Å². The summed E-state index contributed by atoms with van der Waals surface area (Å²) in [6.07, 6.45) is 6.31. The highest BCUT2D eigenvalue weighted by Crippen LogP contribution is 2.31. The molecule has 0 amide bonds. The van der Waals surface area contributed by atoms with E-state index in [1.54, 1.807) is 12.1 Å². The predicted octanol–water partition coefficient (Wildman–Crippen LogP) is 3.77. The van der Waals surface area contributed by atoms with Crippen molar-refractivity contribution in [3.8, 4) is 11.6 Å². The lowest BCUT2D eigenvalue weighted by Gasteiger charge is -2.18. The number of hydrogen-bond acceptors (Lipinski definition) is 3. The minimum atomic E-state index is 0.365. The zero-order valence-corrected chi connectivity index (χ0v) is 10.2. The molecular weight excluding hydrogens is 238 g/mol. The van der Waals surface area contributed by atoms with Crippen molar-refractivity contribution in [3.63, 3.8) is 0 Å². The van der Waals surface area contributed by atoms with E-state index in [0.717, 1.165) is 5.82 Å². The number of hydrogen-bond donors (Lipinski definition) is 1. The SMILES string of the molecule is Clc1ccc(-c2n[nH]c(C3CCCCC3)n2)o1. The quantitative estimate of drug-likeness (QED) is 0.884. The molecule has 0 spiro atoms. The lowest BCUT2D eigenvalue weighted by atomic mass is 9.89. The molecule has 1 fully saturated rings. The summed E-state index contributed by atoms with van der Waals surface area (Å²) in [4.78, 5) is 4.50. The van der Waals surface area contributed by atoms with Gasteiger partial charge in [0.1, 0.15) is 5.82 Å². The number of H-pyrrole nitrogens is 1. The number of nitrogens with one attached hydrogen (secondary N) is 1. The Balaban J connectivity index is 1.82. The molecule has 4 nitrogen and oxygen atoms in total. The van der Waals surface area contributed by atoms with Gasteiger partial charge >= 0.3 is 0 Å². The average molecular weight is 252 g/mol. The van der Waals surface area contributed by atoms with Crippen LogP contribution < -0.4 is 0 Å². The van der Waals surface area contributed by atoms with Gasteiger partial charge in [-0.05, 0) is 36.6 Å². The minimum Gasteiger partial charge on any atom is -0.441 e. The van der Waals surface area contributed by atoms with Crippen molar-refractivity contribution in [2.24, 2.45) is 0 Å². The van der Waals surface area contributed by atoms with Crippen LogP contribution in [0.2, 0.25) is 5.22 Å². The van der Waals surface area contributed by atoms with Crippen LogP contribution in [0.3, 0.4) is 0 Å². The molecule has 2 aromatic rings. The van der Waals surface area contributed by atoms with Gasteiger partial charge in [-0.25, -0.2) is 4.98 Å². The van der Waals surface area contributed by atoms with Crippen LogP contribution in [-0.2, 0) is 0 Å². The van der Waals surface area contributed by atoms with Crippen molar-refractivity contribution in [3.05, 3.63) is 23.2 Å². The van der Waals surface area contributed by atoms with E-state index in [4.69, 9.17) is 16.0 Å². The van der Waals surface area contributed by atoms with Crippen LogP contribution >= 0.6 is 11.6 Å². The van der Waals surface area contributed by atoms with Crippen LogP contribution in [0.5, 0.6) is 0 Å². The zero-order chi connectivity index (χ0) is 11.7. The van der Waals surface area contributed by atoms with E-state index in [-0.39, 0.29) is 0 Å². The largest absolute Gasteiger partial charge is 0.441 e. The molecule has 1 aliphatic rings. The standard InChI is InChI=1S/C12H14ClN3O/c13-10-7-6-9(17-10)12-14-11(15-16-12)8-4-2-1-3-5-8/h6-8H,1-5H2,(H,14,15,16). The van der Waals surface area contributed by atoms with Crippen LogP contribution in [0.25, 0.3) is 11.6 Å². The maximum atomic E-state index is 5.73. The van der Waals surface area contributed by atoms with Crippen LogP contribution in [0.1, 0.15) is 43.8 Å². The number of furan rings is 1. The third-order valence-corrected chi connectivity index (χ3v) is 3.49. The van der Waals surface area contributed by atoms with Gasteiger partial charge in [0, 0.05) is 5.92 Å². The highest BCUT2D eigenvalue weighted by molar-refractivity contribution is 6.28. The van der Waals surface area contributed by atoms with Gasteiger partial charge < -0.3 is 4.42 Å². The molecule has 0 atom stereocenters. The molecule has 1 saturated carbocycles. The van der Waals surface area contributed by atoms with Crippen LogP contribution in [0.4, 0.5) is 0 Å². The summed E-state index contributed by atoms with van der Waals surface area (Å²) in [6.45, 7) is 0. The molecule has 90 valence electrons. The monoisotopic (exact) mass is 251 g/mol. The fourth-order valence-corrected chi connectivity index (χ4v) is 2.52. The molecule has 5 heteroatoms. The Hall–Kier alpha value is -1.29. The van der Waals surface area contributed by atoms with Gasteiger partial charge in [0.2, 0.25) is 5.82 Å². The first-order valence-electron chi connectivity index (χ1n) is 6.01. The van der Waals surface area contributed by atoms with Gasteiger partial charge in [0.05, 0.1) is 0 Å². The van der Waals surface area contributed by atoms with Crippen molar-refractivity contribution in [2.75, 3.05) is 0 Å². The average Bonchev–Trinajstić information content (AvgIpc) is 2.98. The van der Waals surface area contributed by atoms with E-state index in [2.05, 4.69) is 15.2 Å². The van der Waals surface area contributed by atoms with Crippen molar-refractivity contribution in [1.82, 2.24) is 15.2 Å². The first kappa shape index (κ1) is 10.8. The van der Waals surface area contributed by atoms with E-state index in [9.17, 15) is 0 Å². The molecule has 2 aromatic heterocycles. The minimum absolute atomic E-state index is 0.365. The Morgan fingerprint density at radius 3 is 2.76 bits per heavy atom. The molecule has 2 heterocycles. The smallest absolute Gasteiger partial charge is 0.217 e. The third-order valence-electron chi connectivity index (χ3n) is 3.29. The number of aromatic nitrogens is 3. The second-order valence-electron chi connectivity index (χ2n) is 4.48. The zero-order valence-electron chi connectivity index (χ0n) is 9.45. The predicted molar refractivity (Wildman–Crippen MR) is 64.9 cm³/mol. The summed E-state index contributed by atoms with van der Waals surface area (Å²) < 4.78 is 5.29. The molecule has 1 N–H and O–H groups in total. The molecule has 0 radical (unpaired) electrons. The van der Waals surface area contributed by atoms with Crippen molar-refractivity contribution < 1.29 is 4.42 Å². The number of rotatable bonds is 2. The van der Waals surface area contributed by atoms with E-state index >= 15 is 0 Å². The highest BCUT2D eigenvalue weighted by atomic mass is 35.5. The van der Waals surface area contributed by atoms with Crippen LogP contribution in [-0.4, -0.2) is 15.2 Å². The number of nitrogens with zero attached hydrogens (tertiary/aromatic N) is 2. The Labute approximate surface area is 104 Å². The van der Waals surface area contributed by atoms with Gasteiger partial charge in [-0.2, -0.15) is 5.10 Å². The van der Waals surface area contributed by atoms with Gasteiger partial charge in [-0.3, -0.25) is 5.10 Å². The fourth-order valence-electron chi connectivity index (χ4n) is 2.38. The Morgan fingerprint density at radius 2 is 2.06 bits per heavy atom. The summed E-state index contributed by atoms with van der Waals surface area (Å²) in [7, 11) is 0. The maximum absolute atomic E-state index is 5.73. The first-order chi connectivity index (χ1) is 8.33. The molecule has 0 saturated heterocycles. The van der Waals surface area contributed by atoms with Crippen LogP contribution in [0, 0.1) is 0 Å². The normalized spacial score (nSPS) is 17.5. The highest BCUT2D eigenvalue weighted by Gasteiger charge is 2.20. The topological polar surface area (TPSA) is 54.7 Å². The maximum Gasteiger partial charge on any atom is 0.217 e. The Kier molecular flexibility index (Phi) is 2.89. The lowest BCUT2D eigenvalue weighted by Crippen LogP contribution is -2.06. The first-order valence-corrected chi connectivity index (χ1v) is 6.39. The second kappa shape index (κ2) is 4.53. The summed E-state index contributed by atoms with van der Waals surface area (Å²) in [5.74, 6) is 2.72. The molecule has 0 unspecified atom stereocenters. The molecule has 3 rings (SSSR count). The van der Waals surface area contributed by atoms with Crippen LogP contribution in [0.15, 0.2) is 16.5 Å². The number of aromatic amines is 1. The molecular formula is C12H14ClN3O. The molecule has 0 aliphatic heterocycles. The summed E-state index contributed by atoms with van der Waals surface area (Å²) in [5.41, 5.74) is 0. The van der Waals surface area contributed by atoms with Gasteiger partial charge in [0.15, 0.2) is 11.0 Å². The van der Waals surface area contributed by atoms with Gasteiger partial charge in [0.25, 0.3) is 0 Å². The Morgan fingerprint density at radius 1 is 1.24 bits per heavy atom. The van der Waals surface area contributed by atoms with E-state index in [1.807, 2.05) is 0 Å². The van der Waals surface area contributed by atoms with E-state index in [1.165, 1.54) is 32.1 Å². The molecule has 1 aliphatic carbocycles. The summed E-state index contributed by atoms with van der Waals surface area (Å²) in [5, 5.41) is 7.57. The second-order valence-corrected chi connectivity index (χ2v) is 4.86. The van der Waals surface area contributed by atoms with Gasteiger partial charge in [-0.15, -0.1) is 0 Å². The Bertz CT molecular complexity index is 499. The number of halogens is 1. The fraction of sp³-hybridized carbons (Fsp3) is 0.500. The molecule has 0 aromatic carbocycles. The van der Waals surface area contributed by atoms with Crippen molar-refractivity contribution in [2.45, 2.75) is 38.0 Å². The third kappa shape index (κ3) is 2.22. The molecule has 0 bridgehead atoms. The lowest BCUT2D eigenvalue weighted by molar-refractivity contribution is 0.429.